The van der Waals surface area contributed by atoms with Crippen LogP contribution in [-0.2, 0) is 6.42 Å². The monoisotopic (exact) mass is 350 g/mol. The van der Waals surface area contributed by atoms with Gasteiger partial charge in [0.05, 0.1) is 5.02 Å². The third kappa shape index (κ3) is 3.31. The molecule has 0 atom stereocenters. The van der Waals surface area contributed by atoms with Gasteiger partial charge in [-0.3, -0.25) is 4.79 Å². The number of Topliss-reactive ketones (excluding diaryl/α,β-unsaturated/α-hetero) is 1. The number of rotatable bonds is 3. The zero-order chi connectivity index (χ0) is 14.9. The third-order valence-corrected chi connectivity index (χ3v) is 4.65. The zero-order valence-corrected chi connectivity index (χ0v) is 14.1. The van der Waals surface area contributed by atoms with E-state index in [-0.39, 0.29) is 5.78 Å². The van der Waals surface area contributed by atoms with Gasteiger partial charge in [0, 0.05) is 16.5 Å². The zero-order valence-electron chi connectivity index (χ0n) is 11.8. The van der Waals surface area contributed by atoms with Crippen molar-refractivity contribution in [1.82, 2.24) is 0 Å². The standard InChI is InChI=1S/C17H16BrClO/c1-10-6-11(2)14(12(3)7-10)9-17(20)13-4-5-15(18)16(19)8-13/h4-8H,9H2,1-3H3. The fourth-order valence-corrected chi connectivity index (χ4v) is 2.85. The molecule has 2 aromatic rings. The van der Waals surface area contributed by atoms with Crippen LogP contribution in [0.1, 0.15) is 32.6 Å². The Morgan fingerprint density at radius 1 is 1.10 bits per heavy atom. The van der Waals surface area contributed by atoms with Crippen molar-refractivity contribution in [3.05, 3.63) is 67.6 Å². The van der Waals surface area contributed by atoms with Gasteiger partial charge < -0.3 is 0 Å². The van der Waals surface area contributed by atoms with E-state index < -0.39 is 0 Å². The van der Waals surface area contributed by atoms with Crippen molar-refractivity contribution in [3.63, 3.8) is 0 Å². The lowest BCUT2D eigenvalue weighted by Crippen LogP contribution is -2.07. The number of halogens is 2. The minimum Gasteiger partial charge on any atom is -0.294 e. The van der Waals surface area contributed by atoms with Crippen LogP contribution in [0.15, 0.2) is 34.8 Å². The van der Waals surface area contributed by atoms with E-state index in [1.54, 1.807) is 12.1 Å². The maximum atomic E-state index is 12.4. The van der Waals surface area contributed by atoms with E-state index in [0.717, 1.165) is 10.0 Å². The molecule has 0 amide bonds. The lowest BCUT2D eigenvalue weighted by molar-refractivity contribution is 0.0992. The van der Waals surface area contributed by atoms with Crippen molar-refractivity contribution in [3.8, 4) is 0 Å². The van der Waals surface area contributed by atoms with Crippen LogP contribution in [0, 0.1) is 20.8 Å². The van der Waals surface area contributed by atoms with E-state index in [9.17, 15) is 4.79 Å². The lowest BCUT2D eigenvalue weighted by Gasteiger charge is -2.11. The van der Waals surface area contributed by atoms with Crippen LogP contribution in [0.5, 0.6) is 0 Å². The van der Waals surface area contributed by atoms with E-state index in [1.807, 2.05) is 6.07 Å². The Kier molecular flexibility index (Phi) is 4.66. The maximum Gasteiger partial charge on any atom is 0.167 e. The van der Waals surface area contributed by atoms with Crippen LogP contribution in [-0.4, -0.2) is 5.78 Å². The van der Waals surface area contributed by atoms with E-state index >= 15 is 0 Å². The van der Waals surface area contributed by atoms with Gasteiger partial charge in [0.2, 0.25) is 0 Å². The van der Waals surface area contributed by atoms with E-state index in [4.69, 9.17) is 11.6 Å². The Balaban J connectivity index is 2.30. The van der Waals surface area contributed by atoms with Crippen molar-refractivity contribution in [1.29, 1.82) is 0 Å². The molecule has 20 heavy (non-hydrogen) atoms. The predicted octanol–water partition coefficient (Wildman–Crippen LogP) is 5.45. The van der Waals surface area contributed by atoms with E-state index in [1.165, 1.54) is 16.7 Å². The van der Waals surface area contributed by atoms with Gasteiger partial charge in [-0.15, -0.1) is 0 Å². The molecular weight excluding hydrogens is 336 g/mol. The van der Waals surface area contributed by atoms with Crippen LogP contribution >= 0.6 is 27.5 Å². The summed E-state index contributed by atoms with van der Waals surface area (Å²) >= 11 is 9.38. The smallest absolute Gasteiger partial charge is 0.167 e. The van der Waals surface area contributed by atoms with Crippen molar-refractivity contribution in [2.45, 2.75) is 27.2 Å². The van der Waals surface area contributed by atoms with Crippen molar-refractivity contribution in [2.24, 2.45) is 0 Å². The molecule has 0 spiro atoms. The molecule has 0 aliphatic rings. The van der Waals surface area contributed by atoms with Gasteiger partial charge in [-0.1, -0.05) is 35.4 Å². The normalized spacial score (nSPS) is 10.7. The molecule has 0 fully saturated rings. The van der Waals surface area contributed by atoms with Gasteiger partial charge >= 0.3 is 0 Å². The molecule has 0 aliphatic carbocycles. The Hall–Kier alpha value is -1.12. The van der Waals surface area contributed by atoms with Crippen molar-refractivity contribution >= 4 is 33.3 Å². The van der Waals surface area contributed by atoms with Gasteiger partial charge in [0.25, 0.3) is 0 Å². The average Bonchev–Trinajstić information content (AvgIpc) is 2.36. The molecule has 0 aromatic heterocycles. The highest BCUT2D eigenvalue weighted by Gasteiger charge is 2.12. The summed E-state index contributed by atoms with van der Waals surface area (Å²) in [5, 5.41) is 0.563. The number of carbonyl (C=O) groups is 1. The summed E-state index contributed by atoms with van der Waals surface area (Å²) < 4.78 is 0.804. The fraction of sp³-hybridized carbons (Fsp3) is 0.235. The van der Waals surface area contributed by atoms with Gasteiger partial charge in [0.15, 0.2) is 5.78 Å². The largest absolute Gasteiger partial charge is 0.294 e. The third-order valence-electron chi connectivity index (χ3n) is 3.42. The molecular formula is C17H16BrClO. The summed E-state index contributed by atoms with van der Waals surface area (Å²) in [6.45, 7) is 6.18. The first-order valence-corrected chi connectivity index (χ1v) is 7.60. The summed E-state index contributed by atoms with van der Waals surface area (Å²) in [6, 6.07) is 9.56. The second kappa shape index (κ2) is 6.11. The highest BCUT2D eigenvalue weighted by atomic mass is 79.9. The summed E-state index contributed by atoms with van der Waals surface area (Å²) in [5.41, 5.74) is 5.32. The number of benzene rings is 2. The van der Waals surface area contributed by atoms with Gasteiger partial charge in [-0.05, 0) is 65.5 Å². The van der Waals surface area contributed by atoms with Crippen LogP contribution < -0.4 is 0 Å². The Labute approximate surface area is 133 Å². The van der Waals surface area contributed by atoms with Gasteiger partial charge in [-0.2, -0.15) is 0 Å². The number of aryl methyl sites for hydroxylation is 3. The van der Waals surface area contributed by atoms with Gasteiger partial charge in [0.1, 0.15) is 0 Å². The Morgan fingerprint density at radius 3 is 2.25 bits per heavy atom. The molecule has 104 valence electrons. The summed E-state index contributed by atoms with van der Waals surface area (Å²) in [4.78, 5) is 12.4. The number of carbonyl (C=O) groups excluding carboxylic acids is 1. The van der Waals surface area contributed by atoms with E-state index in [0.29, 0.717) is 17.0 Å². The number of hydrogen-bond donors (Lipinski definition) is 0. The quantitative estimate of drug-likeness (QED) is 0.672. The number of ketones is 1. The molecule has 0 unspecified atom stereocenters. The Morgan fingerprint density at radius 2 is 1.70 bits per heavy atom. The number of hydrogen-bond acceptors (Lipinski definition) is 1. The first-order valence-electron chi connectivity index (χ1n) is 6.43. The van der Waals surface area contributed by atoms with Crippen molar-refractivity contribution in [2.75, 3.05) is 0 Å². The molecule has 1 nitrogen and oxygen atoms in total. The highest BCUT2D eigenvalue weighted by molar-refractivity contribution is 9.10. The van der Waals surface area contributed by atoms with Crippen LogP contribution in [0.4, 0.5) is 0 Å². The second-order valence-corrected chi connectivity index (χ2v) is 6.37. The van der Waals surface area contributed by atoms with Crippen molar-refractivity contribution < 1.29 is 4.79 Å². The van der Waals surface area contributed by atoms with E-state index in [2.05, 4.69) is 48.8 Å². The highest BCUT2D eigenvalue weighted by Crippen LogP contribution is 2.25. The first kappa shape index (κ1) is 15.3. The Bertz CT molecular complexity index is 654. The molecule has 0 radical (unpaired) electrons. The minimum atomic E-state index is 0.0921. The molecule has 0 heterocycles. The second-order valence-electron chi connectivity index (χ2n) is 5.11. The minimum absolute atomic E-state index is 0.0921. The molecule has 0 bridgehead atoms. The van der Waals surface area contributed by atoms with Crippen LogP contribution in [0.2, 0.25) is 5.02 Å². The fourth-order valence-electron chi connectivity index (χ4n) is 2.42. The average molecular weight is 352 g/mol. The molecule has 0 saturated carbocycles. The molecule has 3 heteroatoms. The van der Waals surface area contributed by atoms with Crippen LogP contribution in [0.25, 0.3) is 0 Å². The molecule has 0 saturated heterocycles. The van der Waals surface area contributed by atoms with Gasteiger partial charge in [-0.25, -0.2) is 0 Å². The topological polar surface area (TPSA) is 17.1 Å². The predicted molar refractivity (Wildman–Crippen MR) is 87.8 cm³/mol. The first-order chi connectivity index (χ1) is 9.38. The van der Waals surface area contributed by atoms with Crippen LogP contribution in [0.3, 0.4) is 0 Å². The molecule has 0 N–H and O–H groups in total. The summed E-state index contributed by atoms with van der Waals surface area (Å²) in [7, 11) is 0. The molecule has 0 aliphatic heterocycles. The molecule has 2 rings (SSSR count). The SMILES string of the molecule is Cc1cc(C)c(CC(=O)c2ccc(Br)c(Cl)c2)c(C)c1. The summed E-state index contributed by atoms with van der Waals surface area (Å²) in [5.74, 6) is 0.0921. The maximum absolute atomic E-state index is 12.4. The molecule has 2 aromatic carbocycles. The lowest BCUT2D eigenvalue weighted by atomic mass is 9.94. The summed E-state index contributed by atoms with van der Waals surface area (Å²) in [6.07, 6.45) is 0.413.